The van der Waals surface area contributed by atoms with Crippen LogP contribution in [0.25, 0.3) is 0 Å². The summed E-state index contributed by atoms with van der Waals surface area (Å²) in [5, 5.41) is 5.32. The van der Waals surface area contributed by atoms with Crippen LogP contribution in [0, 0.1) is 0 Å². The molecule has 0 radical (unpaired) electrons. The van der Waals surface area contributed by atoms with Crippen molar-refractivity contribution in [3.63, 3.8) is 0 Å². The van der Waals surface area contributed by atoms with Gasteiger partial charge in [0.05, 0.1) is 6.61 Å². The van der Waals surface area contributed by atoms with Crippen LogP contribution in [0.4, 0.5) is 0 Å². The van der Waals surface area contributed by atoms with Crippen LogP contribution in [0.3, 0.4) is 0 Å². The molecule has 0 aromatic rings. The minimum atomic E-state index is -4.97. The van der Waals surface area contributed by atoms with Gasteiger partial charge < -0.3 is 15.2 Å². The second-order valence-corrected chi connectivity index (χ2v) is 15.2. The number of hydrogen-bond donors (Lipinski definition) is 2. The van der Waals surface area contributed by atoms with Crippen LogP contribution in [0.2, 0.25) is 0 Å². The molecule has 0 aliphatic rings. The van der Waals surface area contributed by atoms with Crippen molar-refractivity contribution in [2.45, 2.75) is 225 Å². The number of unbranched alkanes of at least 4 members (excludes halogenated alkanes) is 29. The molecule has 0 saturated carbocycles. The van der Waals surface area contributed by atoms with Crippen molar-refractivity contribution in [1.82, 2.24) is 10.6 Å². The third-order valence-corrected chi connectivity index (χ3v) is 9.79. The number of nitrogens with one attached hydrogen (secondary N) is 2. The van der Waals surface area contributed by atoms with E-state index in [4.69, 9.17) is 0 Å². The van der Waals surface area contributed by atoms with Crippen molar-refractivity contribution in [2.75, 3.05) is 13.2 Å². The minimum Gasteiger partial charge on any atom is -0.726 e. The van der Waals surface area contributed by atoms with E-state index in [1.165, 1.54) is 161 Å². The van der Waals surface area contributed by atoms with E-state index in [0.717, 1.165) is 32.1 Å². The van der Waals surface area contributed by atoms with Crippen LogP contribution in [0.1, 0.15) is 219 Å². The fourth-order valence-electron chi connectivity index (χ4n) is 6.27. The van der Waals surface area contributed by atoms with Gasteiger partial charge in [0, 0.05) is 13.0 Å². The van der Waals surface area contributed by atoms with Crippen molar-refractivity contribution in [3.8, 4) is 0 Å². The van der Waals surface area contributed by atoms with E-state index in [-0.39, 0.29) is 41.9 Å². The van der Waals surface area contributed by atoms with E-state index < -0.39 is 29.0 Å². The molecule has 0 heterocycles. The number of hydrogen-bond acceptors (Lipinski definition) is 6. The maximum absolute atomic E-state index is 12.6. The average Bonchev–Trinajstić information content (AvgIpc) is 3.05. The van der Waals surface area contributed by atoms with E-state index >= 15 is 0 Å². The Morgan fingerprint density at radius 3 is 1.16 bits per heavy atom. The summed E-state index contributed by atoms with van der Waals surface area (Å²) in [5.41, 5.74) is 0. The molecule has 1 atom stereocenters. The van der Waals surface area contributed by atoms with E-state index in [9.17, 15) is 22.6 Å². The molecule has 0 aliphatic carbocycles. The molecule has 0 fully saturated rings. The minimum absolute atomic E-state index is 0. The predicted octanol–water partition coefficient (Wildman–Crippen LogP) is 7.59. The number of carbonyl (C=O) groups excluding carboxylic acids is 2. The van der Waals surface area contributed by atoms with Crippen molar-refractivity contribution in [2.24, 2.45) is 0 Å². The molecule has 10 heteroatoms. The summed E-state index contributed by atoms with van der Waals surface area (Å²) in [4.78, 5) is 25.1. The van der Waals surface area contributed by atoms with Crippen LogP contribution < -0.4 is 40.2 Å². The largest absolute Gasteiger partial charge is 1.00 e. The standard InChI is InChI=1S/C39H78N2O6S.Na/c1-3-5-7-9-11-13-15-17-18-19-20-21-22-23-24-26-28-30-32-34-38(42)41-37(36-47-48(44,45)46)39(43)40-35-33-31-29-27-25-16-14-12-10-8-6-4-2;/h37H,3-36H2,1-2H3,(H,40,43)(H,41,42)(H,44,45,46);/q;+1/p-1/t37-;/m0./s1. The van der Waals surface area contributed by atoms with Crippen LogP contribution >= 0.6 is 0 Å². The first kappa shape index (κ1) is 50.9. The molecule has 0 rings (SSSR count). The zero-order valence-electron chi connectivity index (χ0n) is 32.5. The summed E-state index contributed by atoms with van der Waals surface area (Å²) in [7, 11) is -4.97. The first-order chi connectivity index (χ1) is 23.3. The topological polar surface area (TPSA) is 125 Å². The average molecular weight is 725 g/mol. The van der Waals surface area contributed by atoms with Crippen LogP contribution in [-0.2, 0) is 24.2 Å². The third-order valence-electron chi connectivity index (χ3n) is 9.37. The van der Waals surface area contributed by atoms with Crippen molar-refractivity contribution in [3.05, 3.63) is 0 Å². The van der Waals surface area contributed by atoms with Gasteiger partial charge in [0.25, 0.3) is 0 Å². The molecule has 2 amide bonds. The van der Waals surface area contributed by atoms with Gasteiger partial charge in [-0.05, 0) is 12.8 Å². The van der Waals surface area contributed by atoms with Gasteiger partial charge in [0.15, 0.2) is 0 Å². The molecule has 0 spiro atoms. The molecule has 8 nitrogen and oxygen atoms in total. The van der Waals surface area contributed by atoms with E-state index in [0.29, 0.717) is 13.0 Å². The summed E-state index contributed by atoms with van der Waals surface area (Å²) >= 11 is 0. The quantitative estimate of drug-likeness (QED) is 0.0293. The summed E-state index contributed by atoms with van der Waals surface area (Å²) in [6, 6.07) is -1.21. The number of rotatable bonds is 38. The van der Waals surface area contributed by atoms with Gasteiger partial charge in [-0.25, -0.2) is 8.42 Å². The summed E-state index contributed by atoms with van der Waals surface area (Å²) in [6.07, 6.45) is 39.2. The van der Waals surface area contributed by atoms with Crippen LogP contribution in [-0.4, -0.2) is 44.0 Å². The van der Waals surface area contributed by atoms with E-state index in [1.807, 2.05) is 0 Å². The molecular weight excluding hydrogens is 647 g/mol. The Hall–Kier alpha value is -0.190. The Morgan fingerprint density at radius 2 is 0.837 bits per heavy atom. The Bertz CT molecular complexity index is 830. The van der Waals surface area contributed by atoms with Crippen molar-refractivity contribution in [1.29, 1.82) is 0 Å². The van der Waals surface area contributed by atoms with Gasteiger partial charge >= 0.3 is 29.6 Å². The molecule has 0 aromatic carbocycles. The molecule has 49 heavy (non-hydrogen) atoms. The van der Waals surface area contributed by atoms with E-state index in [1.54, 1.807) is 0 Å². The van der Waals surface area contributed by atoms with Gasteiger partial charge in [-0.15, -0.1) is 0 Å². The van der Waals surface area contributed by atoms with Crippen LogP contribution in [0.5, 0.6) is 0 Å². The Balaban J connectivity index is 0. The molecule has 2 N–H and O–H groups in total. The Morgan fingerprint density at radius 1 is 0.531 bits per heavy atom. The normalized spacial score (nSPS) is 12.1. The molecule has 286 valence electrons. The van der Waals surface area contributed by atoms with Gasteiger partial charge in [-0.3, -0.25) is 13.8 Å². The fraction of sp³-hybridized carbons (Fsp3) is 0.949. The molecule has 0 bridgehead atoms. The predicted molar refractivity (Wildman–Crippen MR) is 200 cm³/mol. The monoisotopic (exact) mass is 725 g/mol. The third kappa shape index (κ3) is 40.4. The second-order valence-electron chi connectivity index (χ2n) is 14.1. The fourth-order valence-corrected chi connectivity index (χ4v) is 6.57. The molecular formula is C39H77N2NaO6S. The van der Waals surface area contributed by atoms with Gasteiger partial charge in [0.1, 0.15) is 6.04 Å². The zero-order chi connectivity index (χ0) is 35.4. The van der Waals surface area contributed by atoms with Crippen molar-refractivity contribution >= 4 is 22.2 Å². The van der Waals surface area contributed by atoms with Gasteiger partial charge in [-0.1, -0.05) is 200 Å². The molecule has 0 aromatic heterocycles. The molecule has 0 unspecified atom stereocenters. The number of carbonyl (C=O) groups is 2. The smallest absolute Gasteiger partial charge is 0.726 e. The second kappa shape index (κ2) is 39.0. The van der Waals surface area contributed by atoms with Crippen molar-refractivity contribution < 1.29 is 56.3 Å². The Labute approximate surface area is 325 Å². The summed E-state index contributed by atoms with van der Waals surface area (Å²) in [5.74, 6) is -0.859. The first-order valence-electron chi connectivity index (χ1n) is 20.5. The van der Waals surface area contributed by atoms with Gasteiger partial charge in [-0.2, -0.15) is 0 Å². The van der Waals surface area contributed by atoms with Gasteiger partial charge in [0.2, 0.25) is 22.2 Å². The summed E-state index contributed by atoms with van der Waals surface area (Å²) in [6.45, 7) is 4.25. The zero-order valence-corrected chi connectivity index (χ0v) is 35.3. The number of amides is 2. The Kier molecular flexibility index (Phi) is 40.6. The maximum atomic E-state index is 12.6. The first-order valence-corrected chi connectivity index (χ1v) is 21.8. The maximum Gasteiger partial charge on any atom is 1.00 e. The van der Waals surface area contributed by atoms with Crippen LogP contribution in [0.15, 0.2) is 0 Å². The SMILES string of the molecule is CCCCCCCCCCCCCCCCCCCCCC(=O)N[C@@H](COS(=O)(=O)[O-])C(=O)NCCCCCCCCCCCCCC.[Na+]. The molecule has 0 aliphatic heterocycles. The summed E-state index contributed by atoms with van der Waals surface area (Å²) < 4.78 is 37.2. The molecule has 0 saturated heterocycles. The van der Waals surface area contributed by atoms with E-state index in [2.05, 4.69) is 28.7 Å².